The van der Waals surface area contributed by atoms with Crippen LogP contribution in [0.1, 0.15) is 11.1 Å². The minimum Gasteiger partial charge on any atom is -0.493 e. The van der Waals surface area contributed by atoms with Gasteiger partial charge in [-0.15, -0.1) is 0 Å². The number of halogens is 1. The molecule has 1 aromatic carbocycles. The zero-order chi connectivity index (χ0) is 17.1. The first-order valence-electron chi connectivity index (χ1n) is 7.57. The first-order valence-corrected chi connectivity index (χ1v) is 8.36. The van der Waals surface area contributed by atoms with Crippen molar-refractivity contribution in [1.82, 2.24) is 14.6 Å². The van der Waals surface area contributed by atoms with Gasteiger partial charge in [-0.2, -0.15) is 9.61 Å². The zero-order valence-corrected chi connectivity index (χ0v) is 15.4. The number of methoxy groups -OCH3 is 2. The number of hydrogen-bond donors (Lipinski definition) is 1. The second kappa shape index (κ2) is 7.09. The van der Waals surface area contributed by atoms with E-state index in [9.17, 15) is 0 Å². The van der Waals surface area contributed by atoms with Gasteiger partial charge in [0.1, 0.15) is 12.1 Å². The van der Waals surface area contributed by atoms with Crippen molar-refractivity contribution in [3.63, 3.8) is 0 Å². The molecular weight excluding hydrogens is 372 g/mol. The number of benzene rings is 1. The van der Waals surface area contributed by atoms with Gasteiger partial charge in [-0.05, 0) is 48.7 Å². The number of nitrogens with zero attached hydrogens (tertiary/aromatic N) is 3. The second-order valence-corrected chi connectivity index (χ2v) is 6.28. The Hall–Kier alpha value is -2.28. The smallest absolute Gasteiger partial charge is 0.161 e. The Morgan fingerprint density at radius 2 is 1.88 bits per heavy atom. The summed E-state index contributed by atoms with van der Waals surface area (Å²) in [6.07, 6.45) is 2.38. The molecule has 0 saturated heterocycles. The van der Waals surface area contributed by atoms with Gasteiger partial charge in [0.25, 0.3) is 0 Å². The molecule has 3 rings (SSSR count). The minimum atomic E-state index is 0.712. The molecule has 0 spiro atoms. The highest BCUT2D eigenvalue weighted by molar-refractivity contribution is 9.10. The van der Waals surface area contributed by atoms with E-state index in [1.165, 1.54) is 0 Å². The van der Waals surface area contributed by atoms with Crippen LogP contribution in [0.4, 0.5) is 5.82 Å². The van der Waals surface area contributed by atoms with E-state index >= 15 is 0 Å². The summed E-state index contributed by atoms with van der Waals surface area (Å²) < 4.78 is 13.5. The van der Waals surface area contributed by atoms with Crippen LogP contribution in [0.15, 0.2) is 35.1 Å². The predicted octanol–water partition coefficient (Wildman–Crippen LogP) is 3.47. The Morgan fingerprint density at radius 1 is 1.12 bits per heavy atom. The molecule has 0 fully saturated rings. The van der Waals surface area contributed by atoms with E-state index in [0.29, 0.717) is 5.75 Å². The van der Waals surface area contributed by atoms with Crippen LogP contribution in [0.5, 0.6) is 11.5 Å². The van der Waals surface area contributed by atoms with Crippen molar-refractivity contribution in [3.8, 4) is 11.5 Å². The molecule has 0 aliphatic carbocycles. The van der Waals surface area contributed by atoms with E-state index < -0.39 is 0 Å². The van der Waals surface area contributed by atoms with Crippen LogP contribution in [-0.2, 0) is 6.42 Å². The van der Waals surface area contributed by atoms with Gasteiger partial charge >= 0.3 is 0 Å². The first kappa shape index (κ1) is 16.6. The van der Waals surface area contributed by atoms with E-state index in [1.807, 2.05) is 25.1 Å². The zero-order valence-electron chi connectivity index (χ0n) is 13.8. The maximum Gasteiger partial charge on any atom is 0.161 e. The number of rotatable bonds is 6. The van der Waals surface area contributed by atoms with Crippen LogP contribution in [0.3, 0.4) is 0 Å². The number of ether oxygens (including phenoxy) is 2. The Balaban J connectivity index is 1.75. The van der Waals surface area contributed by atoms with Crippen molar-refractivity contribution in [2.75, 3.05) is 26.1 Å². The topological polar surface area (TPSA) is 60.7 Å². The van der Waals surface area contributed by atoms with Gasteiger partial charge in [0.15, 0.2) is 17.1 Å². The van der Waals surface area contributed by atoms with Crippen molar-refractivity contribution in [3.05, 3.63) is 46.2 Å². The molecule has 0 bridgehead atoms. The number of nitrogens with one attached hydrogen (secondary N) is 1. The summed E-state index contributed by atoms with van der Waals surface area (Å²) in [5.74, 6) is 2.37. The van der Waals surface area contributed by atoms with E-state index in [2.05, 4.69) is 37.4 Å². The van der Waals surface area contributed by atoms with Crippen LogP contribution in [0.2, 0.25) is 0 Å². The Bertz CT molecular complexity index is 863. The van der Waals surface area contributed by atoms with Crippen molar-refractivity contribution in [1.29, 1.82) is 0 Å². The maximum absolute atomic E-state index is 5.37. The largest absolute Gasteiger partial charge is 0.493 e. The van der Waals surface area contributed by atoms with E-state index in [1.54, 1.807) is 25.1 Å². The van der Waals surface area contributed by atoms with Crippen LogP contribution >= 0.6 is 15.9 Å². The van der Waals surface area contributed by atoms with Gasteiger partial charge in [-0.25, -0.2) is 4.98 Å². The molecule has 0 aliphatic rings. The number of aromatic nitrogens is 3. The first-order chi connectivity index (χ1) is 11.6. The summed E-state index contributed by atoms with van der Waals surface area (Å²) in [6, 6.07) is 7.98. The van der Waals surface area contributed by atoms with Gasteiger partial charge in [-0.1, -0.05) is 15.9 Å². The molecule has 0 saturated carbocycles. The van der Waals surface area contributed by atoms with Gasteiger partial charge in [-0.3, -0.25) is 0 Å². The summed E-state index contributed by atoms with van der Waals surface area (Å²) in [7, 11) is 3.27. The number of hydrogen-bond acceptors (Lipinski definition) is 5. The van der Waals surface area contributed by atoms with Crippen LogP contribution in [-0.4, -0.2) is 35.4 Å². The molecule has 7 heteroatoms. The number of pyridine rings is 1. The maximum atomic E-state index is 5.37. The lowest BCUT2D eigenvalue weighted by Crippen LogP contribution is -2.10. The fraction of sp³-hybridized carbons (Fsp3) is 0.294. The summed E-state index contributed by atoms with van der Waals surface area (Å²) in [5, 5.41) is 7.67. The predicted molar refractivity (Wildman–Crippen MR) is 97.2 cm³/mol. The van der Waals surface area contributed by atoms with Gasteiger partial charge in [0, 0.05) is 11.0 Å². The van der Waals surface area contributed by atoms with Crippen molar-refractivity contribution in [2.24, 2.45) is 0 Å². The normalized spacial score (nSPS) is 10.8. The standard InChI is InChI=1S/C17H19BrN4O2/c1-11-6-16(22-17(7-11)20-10-21-22)19-5-4-12-8-14(23-2)15(24-3)9-13(12)18/h6-10,19H,4-5H2,1-3H3. The summed E-state index contributed by atoms with van der Waals surface area (Å²) in [5.41, 5.74) is 3.12. The molecule has 126 valence electrons. The molecule has 0 radical (unpaired) electrons. The lowest BCUT2D eigenvalue weighted by atomic mass is 10.1. The molecule has 1 N–H and O–H groups in total. The van der Waals surface area contributed by atoms with Crippen LogP contribution in [0.25, 0.3) is 5.65 Å². The lowest BCUT2D eigenvalue weighted by Gasteiger charge is -2.13. The minimum absolute atomic E-state index is 0.712. The third-order valence-electron chi connectivity index (χ3n) is 3.78. The number of aryl methyl sites for hydroxylation is 1. The molecule has 2 aromatic heterocycles. The van der Waals surface area contributed by atoms with Gasteiger partial charge in [0.2, 0.25) is 0 Å². The van der Waals surface area contributed by atoms with Crippen molar-refractivity contribution in [2.45, 2.75) is 13.3 Å². The van der Waals surface area contributed by atoms with Crippen LogP contribution < -0.4 is 14.8 Å². The SMILES string of the molecule is COc1cc(Br)c(CCNc2cc(C)cc3ncnn23)cc1OC. The van der Waals surface area contributed by atoms with E-state index in [4.69, 9.17) is 9.47 Å². The van der Waals surface area contributed by atoms with Gasteiger partial charge in [0.05, 0.1) is 14.2 Å². The highest BCUT2D eigenvalue weighted by Gasteiger charge is 2.10. The molecule has 3 aromatic rings. The average Bonchev–Trinajstić information content (AvgIpc) is 3.04. The lowest BCUT2D eigenvalue weighted by molar-refractivity contribution is 0.354. The summed E-state index contributed by atoms with van der Waals surface area (Å²) in [4.78, 5) is 4.24. The average molecular weight is 391 g/mol. The van der Waals surface area contributed by atoms with Gasteiger partial charge < -0.3 is 14.8 Å². The molecule has 0 atom stereocenters. The van der Waals surface area contributed by atoms with Crippen molar-refractivity contribution < 1.29 is 9.47 Å². The van der Waals surface area contributed by atoms with Crippen LogP contribution in [0, 0.1) is 6.92 Å². The van der Waals surface area contributed by atoms with E-state index in [0.717, 1.165) is 45.8 Å². The highest BCUT2D eigenvalue weighted by atomic mass is 79.9. The number of anilines is 1. The molecule has 0 amide bonds. The van der Waals surface area contributed by atoms with Crippen molar-refractivity contribution >= 4 is 27.4 Å². The summed E-state index contributed by atoms with van der Waals surface area (Å²) >= 11 is 3.59. The monoisotopic (exact) mass is 390 g/mol. The fourth-order valence-corrected chi connectivity index (χ4v) is 3.12. The number of fused-ring (bicyclic) bond motifs is 1. The highest BCUT2D eigenvalue weighted by Crippen LogP contribution is 2.33. The molecular formula is C17H19BrN4O2. The molecule has 0 unspecified atom stereocenters. The summed E-state index contributed by atoms with van der Waals surface area (Å²) in [6.45, 7) is 2.80. The Labute approximate surface area is 148 Å². The fourth-order valence-electron chi connectivity index (χ4n) is 2.60. The Kier molecular flexibility index (Phi) is 4.89. The third-order valence-corrected chi connectivity index (χ3v) is 4.51. The molecule has 0 aliphatic heterocycles. The Morgan fingerprint density at radius 3 is 2.62 bits per heavy atom. The van der Waals surface area contributed by atoms with E-state index in [-0.39, 0.29) is 0 Å². The molecule has 6 nitrogen and oxygen atoms in total. The molecule has 24 heavy (non-hydrogen) atoms. The molecule has 2 heterocycles. The quantitative estimate of drug-likeness (QED) is 0.697. The third kappa shape index (κ3) is 3.31. The second-order valence-electron chi connectivity index (χ2n) is 5.42.